The molecule has 0 bridgehead atoms. The molecular weight excluding hydrogens is 392 g/mol. The monoisotopic (exact) mass is 411 g/mol. The van der Waals surface area contributed by atoms with Crippen molar-refractivity contribution in [3.63, 3.8) is 0 Å². The van der Waals surface area contributed by atoms with Crippen LogP contribution in [-0.2, 0) is 14.3 Å². The molecule has 1 amide bonds. The average molecular weight is 411 g/mol. The highest BCUT2D eigenvalue weighted by atomic mass is 32.2. The van der Waals surface area contributed by atoms with E-state index in [1.165, 1.54) is 19.4 Å². The summed E-state index contributed by atoms with van der Waals surface area (Å²) in [6.45, 7) is 2.31. The number of ether oxygens (including phenoxy) is 2. The van der Waals surface area contributed by atoms with Crippen LogP contribution in [0.5, 0.6) is 5.75 Å². The zero-order valence-electron chi connectivity index (χ0n) is 15.3. The Morgan fingerprint density at radius 1 is 1.32 bits per heavy atom. The van der Waals surface area contributed by atoms with Gasteiger partial charge in [-0.3, -0.25) is 10.1 Å². The van der Waals surface area contributed by atoms with Gasteiger partial charge in [0, 0.05) is 11.6 Å². The van der Waals surface area contributed by atoms with Gasteiger partial charge in [-0.2, -0.15) is 9.49 Å². The van der Waals surface area contributed by atoms with Crippen molar-refractivity contribution in [3.8, 4) is 5.75 Å². The van der Waals surface area contributed by atoms with Gasteiger partial charge in [0.25, 0.3) is 5.91 Å². The van der Waals surface area contributed by atoms with E-state index >= 15 is 0 Å². The Kier molecular flexibility index (Phi) is 8.12. The van der Waals surface area contributed by atoms with Crippen molar-refractivity contribution in [2.24, 2.45) is 10.2 Å². The van der Waals surface area contributed by atoms with Crippen LogP contribution >= 0.6 is 11.8 Å². The van der Waals surface area contributed by atoms with Gasteiger partial charge in [0.15, 0.2) is 16.7 Å². The molecule has 0 atom stereocenters. The van der Waals surface area contributed by atoms with Gasteiger partial charge in [-0.25, -0.2) is 9.18 Å². The number of rotatable bonds is 8. The van der Waals surface area contributed by atoms with Gasteiger partial charge in [-0.05, 0) is 30.3 Å². The molecule has 10 heteroatoms. The number of thioether (sulfide) groups is 1. The van der Waals surface area contributed by atoms with Crippen molar-refractivity contribution in [2.45, 2.75) is 26.2 Å². The normalized spacial score (nSPS) is 16.8. The van der Waals surface area contributed by atoms with E-state index < -0.39 is 23.5 Å². The lowest BCUT2D eigenvalue weighted by atomic mass is 10.2. The van der Waals surface area contributed by atoms with E-state index in [1.54, 1.807) is 0 Å². The molecule has 2 rings (SSSR count). The molecular formula is C18H19F2N3O4S. The van der Waals surface area contributed by atoms with Gasteiger partial charge in [0.05, 0.1) is 24.8 Å². The molecule has 0 aliphatic carbocycles. The summed E-state index contributed by atoms with van der Waals surface area (Å²) in [5.74, 6) is -3.50. The second-order valence-corrected chi connectivity index (χ2v) is 6.64. The molecule has 150 valence electrons. The zero-order valence-corrected chi connectivity index (χ0v) is 16.1. The number of benzene rings is 1. The van der Waals surface area contributed by atoms with Crippen molar-refractivity contribution in [1.29, 1.82) is 0 Å². The highest BCUT2D eigenvalue weighted by molar-refractivity contribution is 8.18. The first-order chi connectivity index (χ1) is 13.4. The molecule has 7 nitrogen and oxygen atoms in total. The number of amidine groups is 1. The van der Waals surface area contributed by atoms with Gasteiger partial charge >= 0.3 is 5.97 Å². The van der Waals surface area contributed by atoms with Crippen LogP contribution in [-0.4, -0.2) is 37.0 Å². The molecule has 1 N–H and O–H groups in total. The average Bonchev–Trinajstić information content (AvgIpc) is 3.01. The molecule has 1 aliphatic heterocycles. The molecule has 1 fully saturated rings. The van der Waals surface area contributed by atoms with Crippen molar-refractivity contribution in [2.75, 3.05) is 13.7 Å². The fourth-order valence-electron chi connectivity index (χ4n) is 2.09. The van der Waals surface area contributed by atoms with E-state index in [4.69, 9.17) is 4.74 Å². The minimum Gasteiger partial charge on any atom is -0.490 e. The van der Waals surface area contributed by atoms with Crippen molar-refractivity contribution >= 4 is 35.0 Å². The van der Waals surface area contributed by atoms with E-state index in [9.17, 15) is 18.4 Å². The Balaban J connectivity index is 2.06. The van der Waals surface area contributed by atoms with Gasteiger partial charge in [-0.15, -0.1) is 5.10 Å². The maximum atomic E-state index is 13.8. The molecule has 1 aliphatic rings. The molecule has 1 heterocycles. The summed E-state index contributed by atoms with van der Waals surface area (Å²) < 4.78 is 37.3. The van der Waals surface area contributed by atoms with E-state index in [-0.39, 0.29) is 28.0 Å². The van der Waals surface area contributed by atoms with Crippen molar-refractivity contribution in [3.05, 3.63) is 40.3 Å². The summed E-state index contributed by atoms with van der Waals surface area (Å²) in [5.41, 5.74) is 0.244. The summed E-state index contributed by atoms with van der Waals surface area (Å²) in [7, 11) is 1.19. The Hall–Kier alpha value is -2.75. The zero-order chi connectivity index (χ0) is 20.5. The van der Waals surface area contributed by atoms with Crippen LogP contribution in [0.2, 0.25) is 0 Å². The summed E-state index contributed by atoms with van der Waals surface area (Å²) >= 11 is 0.899. The fourth-order valence-corrected chi connectivity index (χ4v) is 2.83. The first-order valence-corrected chi connectivity index (χ1v) is 9.28. The number of nitrogens with zero attached hydrogens (tertiary/aromatic N) is 2. The Morgan fingerprint density at radius 3 is 2.82 bits per heavy atom. The molecule has 0 saturated carbocycles. The number of carbonyl (C=O) groups excluding carboxylic acids is 2. The summed E-state index contributed by atoms with van der Waals surface area (Å²) in [6.07, 6.45) is 4.88. The quantitative estimate of drug-likeness (QED) is 0.233. The van der Waals surface area contributed by atoms with Crippen molar-refractivity contribution in [1.82, 2.24) is 5.32 Å². The minimum atomic E-state index is -1.06. The number of esters is 1. The van der Waals surface area contributed by atoms with E-state index in [1.807, 2.05) is 6.92 Å². The second kappa shape index (κ2) is 10.5. The maximum Gasteiger partial charge on any atom is 0.331 e. The molecule has 1 aromatic carbocycles. The lowest BCUT2D eigenvalue weighted by Gasteiger charge is -2.08. The third kappa shape index (κ3) is 6.15. The first kappa shape index (κ1) is 21.5. The van der Waals surface area contributed by atoms with Crippen LogP contribution in [0.1, 0.15) is 31.7 Å². The summed E-state index contributed by atoms with van der Waals surface area (Å²) in [6, 6.07) is 2.28. The van der Waals surface area contributed by atoms with Crippen LogP contribution < -0.4 is 10.1 Å². The van der Waals surface area contributed by atoms with E-state index in [0.29, 0.717) is 0 Å². The Morgan fingerprint density at radius 2 is 2.11 bits per heavy atom. The Bertz CT molecular complexity index is 840. The second-order valence-electron chi connectivity index (χ2n) is 5.61. The lowest BCUT2D eigenvalue weighted by Crippen LogP contribution is -2.19. The van der Waals surface area contributed by atoms with Gasteiger partial charge < -0.3 is 9.47 Å². The molecule has 0 radical (unpaired) electrons. The lowest BCUT2D eigenvalue weighted by molar-refractivity contribution is -0.135. The maximum absolute atomic E-state index is 13.8. The third-order valence-electron chi connectivity index (χ3n) is 3.48. The summed E-state index contributed by atoms with van der Waals surface area (Å²) in [4.78, 5) is 23.0. The van der Waals surface area contributed by atoms with Gasteiger partial charge in [0.2, 0.25) is 5.82 Å². The van der Waals surface area contributed by atoms with Crippen LogP contribution in [0.4, 0.5) is 8.78 Å². The minimum absolute atomic E-state index is 0.108. The number of hydrogen-bond donors (Lipinski definition) is 1. The predicted octanol–water partition coefficient (Wildman–Crippen LogP) is 3.14. The van der Waals surface area contributed by atoms with E-state index in [0.717, 1.165) is 43.2 Å². The first-order valence-electron chi connectivity index (χ1n) is 8.46. The molecule has 0 aromatic heterocycles. The van der Waals surface area contributed by atoms with Gasteiger partial charge in [0.1, 0.15) is 0 Å². The number of hydrogen-bond acceptors (Lipinski definition) is 7. The number of amides is 1. The highest BCUT2D eigenvalue weighted by Gasteiger charge is 2.25. The highest BCUT2D eigenvalue weighted by Crippen LogP contribution is 2.24. The number of carbonyl (C=O) groups is 2. The molecule has 0 spiro atoms. The fraction of sp³-hybridized carbons (Fsp3) is 0.333. The van der Waals surface area contributed by atoms with Crippen molar-refractivity contribution < 1.29 is 27.8 Å². The van der Waals surface area contributed by atoms with Gasteiger partial charge in [-0.1, -0.05) is 19.8 Å². The molecule has 1 aromatic rings. The Labute approximate surface area is 164 Å². The largest absolute Gasteiger partial charge is 0.490 e. The van der Waals surface area contributed by atoms with E-state index in [2.05, 4.69) is 20.3 Å². The number of unbranched alkanes of at least 4 members (excludes halogenated alkanes) is 2. The molecule has 1 saturated heterocycles. The predicted molar refractivity (Wildman–Crippen MR) is 102 cm³/mol. The van der Waals surface area contributed by atoms with Crippen LogP contribution in [0, 0.1) is 11.6 Å². The smallest absolute Gasteiger partial charge is 0.331 e. The standard InChI is InChI=1S/C18H19F2N3O4S/c1-3-4-5-6-27-13-8-11(7-12(19)16(13)20)10-21-23-18-22-17(25)14(28-18)9-15(24)26-2/h7-10H,3-6H2,1-2H3,(H,22,23,25)/b14-9+,21-10?. The topological polar surface area (TPSA) is 89.4 Å². The van der Waals surface area contributed by atoms with Crippen LogP contribution in [0.15, 0.2) is 33.3 Å². The summed E-state index contributed by atoms with van der Waals surface area (Å²) in [5, 5.41) is 10.1. The number of nitrogens with one attached hydrogen (secondary N) is 1. The van der Waals surface area contributed by atoms with Crippen LogP contribution in [0.25, 0.3) is 0 Å². The SMILES string of the molecule is CCCCCOc1cc(C=N/N=C2/NC(=O)/C(=C\C(=O)OC)S2)cc(F)c1F. The third-order valence-corrected chi connectivity index (χ3v) is 4.38. The molecule has 28 heavy (non-hydrogen) atoms. The number of methoxy groups -OCH3 is 1. The number of halogens is 2. The molecule has 0 unspecified atom stereocenters. The van der Waals surface area contributed by atoms with Crippen LogP contribution in [0.3, 0.4) is 0 Å².